The number of halogens is 1. The number of nitrogens with zero attached hydrogens (tertiary/aromatic N) is 2. The molecular formula is C36H45ClN2O6. The fourth-order valence-electron chi connectivity index (χ4n) is 6.77. The van der Waals surface area contributed by atoms with Crippen molar-refractivity contribution in [2.75, 3.05) is 20.2 Å². The summed E-state index contributed by atoms with van der Waals surface area (Å²) in [5.41, 5.74) is 2.63. The summed E-state index contributed by atoms with van der Waals surface area (Å²) in [6.45, 7) is 10.6. The van der Waals surface area contributed by atoms with Gasteiger partial charge in [-0.2, -0.15) is 0 Å². The summed E-state index contributed by atoms with van der Waals surface area (Å²) in [5, 5.41) is 12.4. The molecule has 8 nitrogen and oxygen atoms in total. The zero-order chi connectivity index (χ0) is 32.5. The molecule has 2 heterocycles. The van der Waals surface area contributed by atoms with E-state index in [4.69, 9.17) is 25.8 Å². The van der Waals surface area contributed by atoms with Gasteiger partial charge in [-0.15, -0.1) is 0 Å². The molecule has 5 rings (SSSR count). The summed E-state index contributed by atoms with van der Waals surface area (Å²) >= 11 is 6.27. The van der Waals surface area contributed by atoms with Gasteiger partial charge in [0.05, 0.1) is 43.4 Å². The van der Waals surface area contributed by atoms with E-state index in [1.54, 1.807) is 12.0 Å². The summed E-state index contributed by atoms with van der Waals surface area (Å²) in [6, 6.07) is 11.0. The molecule has 0 saturated carbocycles. The fraction of sp³-hybridized carbons (Fsp3) is 0.500. The first kappa shape index (κ1) is 32.9. The molecule has 2 aliphatic heterocycles. The molecule has 3 aliphatic rings. The largest absolute Gasteiger partial charge is 0.493 e. The summed E-state index contributed by atoms with van der Waals surface area (Å²) in [6.07, 6.45) is 7.73. The second kappa shape index (κ2) is 13.5. The lowest BCUT2D eigenvalue weighted by Gasteiger charge is -2.44. The van der Waals surface area contributed by atoms with E-state index < -0.39 is 5.60 Å². The Morgan fingerprint density at radius 1 is 1.04 bits per heavy atom. The Morgan fingerprint density at radius 3 is 2.31 bits per heavy atom. The van der Waals surface area contributed by atoms with Gasteiger partial charge in [-0.05, 0) is 106 Å². The quantitative estimate of drug-likeness (QED) is 0.340. The van der Waals surface area contributed by atoms with Crippen molar-refractivity contribution in [3.8, 4) is 11.5 Å². The molecule has 2 aromatic rings. The first-order valence-electron chi connectivity index (χ1n) is 15.9. The second-order valence-electron chi connectivity index (χ2n) is 13.0. The molecule has 2 aromatic carbocycles. The van der Waals surface area contributed by atoms with Crippen molar-refractivity contribution >= 4 is 23.6 Å². The van der Waals surface area contributed by atoms with Gasteiger partial charge < -0.3 is 29.1 Å². The first-order chi connectivity index (χ1) is 21.4. The number of methoxy groups -OCH3 is 1. The fourth-order valence-corrected chi connectivity index (χ4v) is 6.89. The van der Waals surface area contributed by atoms with Crippen LogP contribution in [0.2, 0.25) is 5.02 Å². The number of hydrogen-bond donors (Lipinski definition) is 1. The number of aliphatic hydroxyl groups is 1. The van der Waals surface area contributed by atoms with E-state index in [9.17, 15) is 14.7 Å². The van der Waals surface area contributed by atoms with Crippen LogP contribution in [0.1, 0.15) is 76.6 Å². The Kier molecular flexibility index (Phi) is 9.85. The highest BCUT2D eigenvalue weighted by atomic mass is 35.5. The van der Waals surface area contributed by atoms with Crippen molar-refractivity contribution in [2.45, 2.75) is 90.2 Å². The number of benzene rings is 2. The molecule has 0 radical (unpaired) electrons. The molecule has 3 atom stereocenters. The molecule has 0 spiro atoms. The average Bonchev–Trinajstić information content (AvgIpc) is 3.00. The highest BCUT2D eigenvalue weighted by Crippen LogP contribution is 2.44. The zero-order valence-corrected chi connectivity index (χ0v) is 27.8. The van der Waals surface area contributed by atoms with Crippen LogP contribution in [0.4, 0.5) is 4.79 Å². The number of carbonyl (C=O) groups excluding carboxylic acids is 2. The standard InChI is InChI=1S/C36H45ClN2O6/c1-22(2)44-32-21-30-25(19-31(32)43-6)20-33(40)39(34(30)24-7-11-28(37)12-8-24)29-13-9-26(10-14-29)36(5,42)27-15-17-38(18-16-27)35(41)45-23(3)4/h7-13,19,21-23,27,29,34,42H,14-18,20H2,1-6H3. The maximum atomic E-state index is 13.9. The Bertz CT molecular complexity index is 1460. The lowest BCUT2D eigenvalue weighted by Crippen LogP contribution is -2.48. The lowest BCUT2D eigenvalue weighted by molar-refractivity contribution is -0.134. The van der Waals surface area contributed by atoms with E-state index in [1.165, 1.54) is 0 Å². The van der Waals surface area contributed by atoms with E-state index in [2.05, 4.69) is 6.08 Å². The predicted molar refractivity (Wildman–Crippen MR) is 175 cm³/mol. The maximum absolute atomic E-state index is 13.9. The monoisotopic (exact) mass is 636 g/mol. The van der Waals surface area contributed by atoms with E-state index >= 15 is 0 Å². The Morgan fingerprint density at radius 2 is 1.73 bits per heavy atom. The minimum Gasteiger partial charge on any atom is -0.493 e. The van der Waals surface area contributed by atoms with Crippen LogP contribution in [-0.4, -0.2) is 71.0 Å². The van der Waals surface area contributed by atoms with Gasteiger partial charge in [0.15, 0.2) is 11.5 Å². The number of hydrogen-bond acceptors (Lipinski definition) is 6. The zero-order valence-electron chi connectivity index (χ0n) is 27.1. The summed E-state index contributed by atoms with van der Waals surface area (Å²) in [4.78, 5) is 30.0. The van der Waals surface area contributed by atoms with Crippen molar-refractivity contribution in [1.29, 1.82) is 0 Å². The number of amides is 2. The SMILES string of the molecule is COc1cc2c(cc1OC(C)C)C(c1ccc(Cl)cc1)N(C1C=CC(C(C)(O)C3CCN(C(=O)OC(C)C)CC3)=CC1)C(=O)C2. The third-order valence-corrected chi connectivity index (χ3v) is 9.33. The van der Waals surface area contributed by atoms with E-state index in [0.29, 0.717) is 48.9 Å². The summed E-state index contributed by atoms with van der Waals surface area (Å²) in [7, 11) is 1.61. The molecule has 45 heavy (non-hydrogen) atoms. The minimum atomic E-state index is -1.07. The van der Waals surface area contributed by atoms with Crippen LogP contribution in [0, 0.1) is 5.92 Å². The van der Waals surface area contributed by atoms with Crippen molar-refractivity contribution in [2.24, 2.45) is 5.92 Å². The van der Waals surface area contributed by atoms with Gasteiger partial charge in [-0.25, -0.2) is 4.79 Å². The van der Waals surface area contributed by atoms with Gasteiger partial charge in [0.25, 0.3) is 0 Å². The second-order valence-corrected chi connectivity index (χ2v) is 13.4. The Labute approximate surface area is 271 Å². The van der Waals surface area contributed by atoms with Crippen molar-refractivity contribution in [1.82, 2.24) is 9.80 Å². The van der Waals surface area contributed by atoms with Crippen LogP contribution in [0.3, 0.4) is 0 Å². The van der Waals surface area contributed by atoms with E-state index in [0.717, 1.165) is 22.3 Å². The highest BCUT2D eigenvalue weighted by Gasteiger charge is 2.41. The van der Waals surface area contributed by atoms with Gasteiger partial charge in [0.2, 0.25) is 5.91 Å². The molecule has 1 N–H and O–H groups in total. The van der Waals surface area contributed by atoms with E-state index in [-0.39, 0.29) is 48.6 Å². The third-order valence-electron chi connectivity index (χ3n) is 9.08. The summed E-state index contributed by atoms with van der Waals surface area (Å²) in [5.74, 6) is 1.25. The molecule has 1 aliphatic carbocycles. The highest BCUT2D eigenvalue weighted by molar-refractivity contribution is 6.30. The molecule has 0 aromatic heterocycles. The maximum Gasteiger partial charge on any atom is 0.410 e. The number of rotatable bonds is 8. The number of piperidine rings is 1. The molecule has 1 fully saturated rings. The molecular weight excluding hydrogens is 592 g/mol. The van der Waals surface area contributed by atoms with Gasteiger partial charge >= 0.3 is 6.09 Å². The molecule has 0 bridgehead atoms. The molecule has 2 amide bonds. The van der Waals surface area contributed by atoms with Crippen LogP contribution >= 0.6 is 11.6 Å². The van der Waals surface area contributed by atoms with Crippen molar-refractivity contribution in [3.63, 3.8) is 0 Å². The molecule has 242 valence electrons. The average molecular weight is 637 g/mol. The van der Waals surface area contributed by atoms with Crippen molar-refractivity contribution in [3.05, 3.63) is 81.9 Å². The van der Waals surface area contributed by atoms with Gasteiger partial charge in [0, 0.05) is 18.1 Å². The number of likely N-dealkylation sites (tertiary alicyclic amines) is 1. The van der Waals surface area contributed by atoms with Crippen LogP contribution in [0.5, 0.6) is 11.5 Å². The Balaban J connectivity index is 1.40. The third kappa shape index (κ3) is 7.02. The van der Waals surface area contributed by atoms with E-state index in [1.807, 2.05) is 88.1 Å². The van der Waals surface area contributed by atoms with Crippen LogP contribution in [0.25, 0.3) is 0 Å². The van der Waals surface area contributed by atoms with Crippen LogP contribution in [0.15, 0.2) is 60.2 Å². The molecule has 1 saturated heterocycles. The number of ether oxygens (including phenoxy) is 3. The topological polar surface area (TPSA) is 88.5 Å². The predicted octanol–water partition coefficient (Wildman–Crippen LogP) is 6.87. The number of fused-ring (bicyclic) bond motifs is 1. The minimum absolute atomic E-state index is 0.00674. The van der Waals surface area contributed by atoms with Crippen LogP contribution in [-0.2, 0) is 16.0 Å². The van der Waals surface area contributed by atoms with Gasteiger partial charge in [-0.1, -0.05) is 42.0 Å². The van der Waals surface area contributed by atoms with Crippen LogP contribution < -0.4 is 9.47 Å². The molecule has 9 heteroatoms. The van der Waals surface area contributed by atoms with Gasteiger partial charge in [0.1, 0.15) is 0 Å². The summed E-state index contributed by atoms with van der Waals surface area (Å²) < 4.78 is 17.1. The Hall–Kier alpha value is -3.49. The van der Waals surface area contributed by atoms with Gasteiger partial charge in [-0.3, -0.25) is 4.79 Å². The number of carbonyl (C=O) groups is 2. The normalized spacial score (nSPS) is 21.8. The smallest absolute Gasteiger partial charge is 0.410 e. The molecule has 3 unspecified atom stereocenters. The lowest BCUT2D eigenvalue weighted by atomic mass is 9.75. The van der Waals surface area contributed by atoms with Crippen molar-refractivity contribution < 1.29 is 28.9 Å². The first-order valence-corrected chi connectivity index (χ1v) is 16.3.